The molecule has 2 aliphatic rings. The monoisotopic (exact) mass is 667 g/mol. The number of hydrogen-bond acceptors (Lipinski definition) is 9. The maximum absolute atomic E-state index is 14.4. The van der Waals surface area contributed by atoms with Crippen LogP contribution in [0, 0.1) is 0 Å². The van der Waals surface area contributed by atoms with E-state index in [1.54, 1.807) is 6.33 Å². The Morgan fingerprint density at radius 3 is 2.36 bits per heavy atom. The fraction of sp³-hybridized carbons (Fsp3) is 0.486. The van der Waals surface area contributed by atoms with Crippen molar-refractivity contribution in [3.63, 3.8) is 0 Å². The molecule has 1 atom stereocenters. The van der Waals surface area contributed by atoms with Crippen LogP contribution in [-0.2, 0) is 22.4 Å². The second-order valence-electron chi connectivity index (χ2n) is 12.4. The van der Waals surface area contributed by atoms with Crippen molar-refractivity contribution in [3.05, 3.63) is 87.6 Å². The van der Waals surface area contributed by atoms with Crippen molar-refractivity contribution in [2.24, 2.45) is 4.99 Å². The molecule has 12 heteroatoms. The fourth-order valence-electron chi connectivity index (χ4n) is 6.62. The predicted octanol–water partition coefficient (Wildman–Crippen LogP) is 1.71. The summed E-state index contributed by atoms with van der Waals surface area (Å²) in [4.78, 5) is 28.0. The summed E-state index contributed by atoms with van der Waals surface area (Å²) >= 11 is 0. The van der Waals surface area contributed by atoms with Crippen LogP contribution in [0.1, 0.15) is 94.1 Å². The first-order valence-corrected chi connectivity index (χ1v) is 16.5. The second kappa shape index (κ2) is 16.0. The topological polar surface area (TPSA) is 136 Å². The van der Waals surface area contributed by atoms with Crippen LogP contribution in [0.5, 0.6) is 0 Å². The zero-order valence-corrected chi connectivity index (χ0v) is 31.0. The quantitative estimate of drug-likeness (QED) is 0.195. The summed E-state index contributed by atoms with van der Waals surface area (Å²) in [5.41, 5.74) is 7.34. The van der Waals surface area contributed by atoms with Crippen molar-refractivity contribution >= 4 is 11.6 Å². The van der Waals surface area contributed by atoms with Gasteiger partial charge in [0.1, 0.15) is 6.33 Å². The number of fused-ring (bicyclic) bond motifs is 1. The number of hydrogen-bond donors (Lipinski definition) is 3. The number of aliphatic hydroxyl groups excluding tert-OH is 1. The largest absolute Gasteiger partial charge is 1.00 e. The molecule has 244 valence electrons. The fourth-order valence-corrected chi connectivity index (χ4v) is 6.62. The molecule has 1 saturated carbocycles. The van der Waals surface area contributed by atoms with Gasteiger partial charge in [-0.25, -0.2) is 19.8 Å². The molecule has 1 aliphatic carbocycles. The maximum Gasteiger partial charge on any atom is 1.00 e. The van der Waals surface area contributed by atoms with E-state index in [4.69, 9.17) is 9.57 Å². The van der Waals surface area contributed by atoms with Gasteiger partial charge in [-0.1, -0.05) is 75.7 Å². The van der Waals surface area contributed by atoms with Crippen molar-refractivity contribution < 1.29 is 71.2 Å². The van der Waals surface area contributed by atoms with Crippen molar-refractivity contribution in [1.82, 2.24) is 24.6 Å². The average molecular weight is 668 g/mol. The molecule has 0 spiro atoms. The number of aliphatic hydroxyl groups is 2. The Kier molecular flexibility index (Phi) is 12.2. The number of ether oxygens (including phenoxy) is 1. The van der Waals surface area contributed by atoms with E-state index >= 15 is 0 Å². The molecule has 1 fully saturated rings. The number of aryl methyl sites for hydroxylation is 1. The zero-order chi connectivity index (χ0) is 32.3. The first-order chi connectivity index (χ1) is 22.3. The summed E-state index contributed by atoms with van der Waals surface area (Å²) in [6, 6.07) is 16.0. The third-order valence-corrected chi connectivity index (χ3v) is 9.55. The number of nitrogens with one attached hydrogen (secondary N) is 1. The van der Waals surface area contributed by atoms with Crippen LogP contribution in [-0.4, -0.2) is 59.9 Å². The van der Waals surface area contributed by atoms with Crippen molar-refractivity contribution in [2.75, 3.05) is 6.61 Å². The normalized spacial score (nSPS) is 19.8. The van der Waals surface area contributed by atoms with Crippen molar-refractivity contribution in [1.29, 1.82) is 0 Å². The molecule has 3 heterocycles. The van der Waals surface area contributed by atoms with Crippen molar-refractivity contribution in [2.45, 2.75) is 103 Å². The number of hydroxylamine groups is 1. The number of aliphatic imine (C=N–C) groups is 1. The Bertz CT molecular complexity index is 1740. The van der Waals surface area contributed by atoms with E-state index in [0.717, 1.165) is 72.0 Å². The van der Waals surface area contributed by atoms with E-state index in [1.165, 1.54) is 0 Å². The van der Waals surface area contributed by atoms with E-state index < -0.39 is 12.0 Å². The molecule has 0 amide bonds. The zero-order valence-electron chi connectivity index (χ0n) is 27.9. The molecule has 2 aromatic carbocycles. The van der Waals surface area contributed by atoms with Crippen LogP contribution in [0.3, 0.4) is 0 Å². The minimum Gasteiger partial charge on any atom is -0.388 e. The van der Waals surface area contributed by atoms with E-state index in [-0.39, 0.29) is 69.1 Å². The smallest absolute Gasteiger partial charge is 0.388 e. The second-order valence-corrected chi connectivity index (χ2v) is 12.4. The van der Waals surface area contributed by atoms with Gasteiger partial charge in [0.25, 0.3) is 12.0 Å². The van der Waals surface area contributed by atoms with Crippen LogP contribution in [0.4, 0.5) is 0 Å². The van der Waals surface area contributed by atoms with Crippen LogP contribution in [0.15, 0.2) is 64.6 Å². The molecule has 0 radical (unpaired) electrons. The van der Waals surface area contributed by atoms with Gasteiger partial charge in [-0.15, -0.1) is 0 Å². The Morgan fingerprint density at radius 2 is 1.72 bits per heavy atom. The van der Waals surface area contributed by atoms with E-state index in [1.807, 2.05) is 59.3 Å². The number of aromatic nitrogens is 4. The van der Waals surface area contributed by atoms with Gasteiger partial charge in [-0.2, -0.15) is 10.1 Å². The first-order valence-electron chi connectivity index (χ1n) is 16.5. The molecule has 11 nitrogen and oxygen atoms in total. The SMILES string of the molecule is CCCc1c(Cc2ccc(-c3ccccc3C3=NC(O)ON3)cc2)c(=O)n(C2CCC(OCC(O)(CC)CC)CC2)c2ncnn12.[K+]. The van der Waals surface area contributed by atoms with E-state index in [9.17, 15) is 15.0 Å². The van der Waals surface area contributed by atoms with Crippen LogP contribution >= 0.6 is 0 Å². The molecular formula is C35H44KN6O5+. The van der Waals surface area contributed by atoms with Gasteiger partial charge < -0.3 is 14.9 Å². The molecular weight excluding hydrogens is 624 g/mol. The number of rotatable bonds is 12. The van der Waals surface area contributed by atoms with E-state index in [2.05, 4.69) is 39.6 Å². The Morgan fingerprint density at radius 1 is 1.02 bits per heavy atom. The molecule has 4 aromatic rings. The minimum atomic E-state index is -1.23. The minimum absolute atomic E-state index is 0. The van der Waals surface area contributed by atoms with Crippen LogP contribution in [0.2, 0.25) is 0 Å². The first kappa shape index (κ1) is 36.0. The third kappa shape index (κ3) is 7.81. The molecule has 47 heavy (non-hydrogen) atoms. The van der Waals surface area contributed by atoms with Gasteiger partial charge in [0, 0.05) is 23.6 Å². The summed E-state index contributed by atoms with van der Waals surface area (Å²) in [5, 5.41) is 24.9. The van der Waals surface area contributed by atoms with Gasteiger partial charge in [0.2, 0.25) is 5.78 Å². The molecule has 3 N–H and O–H groups in total. The number of nitrogens with zero attached hydrogens (tertiary/aromatic N) is 5. The summed E-state index contributed by atoms with van der Waals surface area (Å²) in [7, 11) is 0. The molecule has 2 aromatic heterocycles. The Hall–Kier alpha value is -2.26. The standard InChI is InChI=1S/C35H44N6O5.K/c1-4-9-30-29(20-23-12-14-24(15-13-23)27-10-7-8-11-28(27)31-38-34(43)46-39-31)32(42)40(33-36-22-37-41(30)33)25-16-18-26(19-17-25)45-21-35(44,5-2)6-3;/h7-8,10-15,22,25-26,34,43-44H,4-6,9,16-21H2,1-3H3,(H,38,39);/q;+1. The summed E-state index contributed by atoms with van der Waals surface area (Å²) < 4.78 is 9.88. The molecule has 0 saturated heterocycles. The van der Waals surface area contributed by atoms with Gasteiger partial charge in [0.05, 0.1) is 24.0 Å². The van der Waals surface area contributed by atoms with Gasteiger partial charge in [-0.3, -0.25) is 9.36 Å². The Balaban J connectivity index is 0.00000433. The molecule has 0 bridgehead atoms. The van der Waals surface area contributed by atoms with Gasteiger partial charge in [0.15, 0.2) is 5.84 Å². The number of benzene rings is 2. The third-order valence-electron chi connectivity index (χ3n) is 9.55. The van der Waals surface area contributed by atoms with Crippen LogP contribution in [0.25, 0.3) is 16.9 Å². The maximum atomic E-state index is 14.4. The summed E-state index contributed by atoms with van der Waals surface area (Å²) in [6.07, 6.45) is 7.02. The van der Waals surface area contributed by atoms with Gasteiger partial charge in [-0.05, 0) is 61.6 Å². The summed E-state index contributed by atoms with van der Waals surface area (Å²) in [6.45, 7) is 6.42. The van der Waals surface area contributed by atoms with Crippen molar-refractivity contribution in [3.8, 4) is 11.1 Å². The summed E-state index contributed by atoms with van der Waals surface area (Å²) in [5.74, 6) is 1.07. The van der Waals surface area contributed by atoms with Crippen LogP contribution < -0.4 is 62.4 Å². The molecule has 1 unspecified atom stereocenters. The van der Waals surface area contributed by atoms with Gasteiger partial charge >= 0.3 is 51.4 Å². The predicted molar refractivity (Wildman–Crippen MR) is 175 cm³/mol. The Labute approximate surface area is 317 Å². The molecule has 1 aliphatic heterocycles. The molecule has 6 rings (SSSR count). The van der Waals surface area contributed by atoms with E-state index in [0.29, 0.717) is 37.5 Å². The number of amidine groups is 1. The average Bonchev–Trinajstić information content (AvgIpc) is 3.75.